The number of carboxylic acids is 1. The van der Waals surface area contributed by atoms with E-state index in [-0.39, 0.29) is 52.1 Å². The van der Waals surface area contributed by atoms with E-state index in [0.29, 0.717) is 35.2 Å². The van der Waals surface area contributed by atoms with Gasteiger partial charge in [-0.25, -0.2) is 22.7 Å². The van der Waals surface area contributed by atoms with Crippen LogP contribution in [0.4, 0.5) is 4.79 Å². The summed E-state index contributed by atoms with van der Waals surface area (Å²) in [5.74, 6) is 1.42. The van der Waals surface area contributed by atoms with Crippen molar-refractivity contribution in [3.63, 3.8) is 0 Å². The number of urea groups is 1. The first kappa shape index (κ1) is 37.1. The molecule has 8 nitrogen and oxygen atoms in total. The SMILES string of the molecule is C=C(C)[C@@H]1CC[C@]2(NC(=O)NCCNS(=O)(=O)CC)CC[C@]3(C)[C@H](CC[C@@H]4[C@@]5(C)CC=C(c6ccc(C(=O)O)cc6)C(C)(C)[C@@H]5CC[C@]43C)[C@@H]12. The molecule has 6 rings (SSSR count). The lowest BCUT2D eigenvalue weighted by Crippen LogP contribution is -2.68. The van der Waals surface area contributed by atoms with Crippen molar-refractivity contribution in [2.45, 2.75) is 112 Å². The van der Waals surface area contributed by atoms with E-state index < -0.39 is 16.0 Å². The van der Waals surface area contributed by atoms with Gasteiger partial charge in [0.25, 0.3) is 0 Å². The topological polar surface area (TPSA) is 125 Å². The first-order chi connectivity index (χ1) is 23.4. The van der Waals surface area contributed by atoms with Crippen LogP contribution >= 0.6 is 0 Å². The highest BCUT2D eigenvalue weighted by Crippen LogP contribution is 2.76. The third-order valence-electron chi connectivity index (χ3n) is 15.6. The van der Waals surface area contributed by atoms with E-state index in [1.165, 1.54) is 30.4 Å². The Bertz CT molecular complexity index is 1670. The number of amides is 2. The van der Waals surface area contributed by atoms with E-state index in [2.05, 4.69) is 69.6 Å². The van der Waals surface area contributed by atoms with Crippen LogP contribution in [-0.4, -0.2) is 49.9 Å². The first-order valence-electron chi connectivity index (χ1n) is 19.1. The van der Waals surface area contributed by atoms with Gasteiger partial charge in [-0.2, -0.15) is 0 Å². The second-order valence-electron chi connectivity index (χ2n) is 17.9. The average Bonchev–Trinajstić information content (AvgIpc) is 3.43. The minimum absolute atomic E-state index is 0.0199. The number of allylic oxidation sites excluding steroid dienone is 3. The third-order valence-corrected chi connectivity index (χ3v) is 17.0. The lowest BCUT2D eigenvalue weighted by Gasteiger charge is -2.72. The smallest absolute Gasteiger partial charge is 0.335 e. The number of carboxylic acid groups (broad SMARTS) is 1. The van der Waals surface area contributed by atoms with Gasteiger partial charge in [0.05, 0.1) is 11.3 Å². The highest BCUT2D eigenvalue weighted by Gasteiger charge is 2.70. The molecule has 2 amide bonds. The van der Waals surface area contributed by atoms with Crippen LogP contribution in [0, 0.1) is 51.2 Å². The average molecular weight is 708 g/mol. The van der Waals surface area contributed by atoms with E-state index in [1.54, 1.807) is 19.1 Å². The first-order valence-corrected chi connectivity index (χ1v) is 20.7. The zero-order valence-corrected chi connectivity index (χ0v) is 32.3. The maximum absolute atomic E-state index is 13.4. The van der Waals surface area contributed by atoms with Crippen molar-refractivity contribution in [3.8, 4) is 0 Å². The zero-order chi connectivity index (χ0) is 36.5. The summed E-state index contributed by atoms with van der Waals surface area (Å²) in [5, 5.41) is 15.9. The minimum atomic E-state index is -3.30. The van der Waals surface area contributed by atoms with Crippen molar-refractivity contribution in [3.05, 3.63) is 53.6 Å². The predicted octanol–water partition coefficient (Wildman–Crippen LogP) is 8.03. The molecule has 1 aromatic rings. The van der Waals surface area contributed by atoms with Crippen LogP contribution in [0.2, 0.25) is 0 Å². The Labute approximate surface area is 300 Å². The molecule has 0 radical (unpaired) electrons. The van der Waals surface area contributed by atoms with Gasteiger partial charge in [0.15, 0.2) is 0 Å². The number of carbonyl (C=O) groups excluding carboxylic acids is 1. The summed E-state index contributed by atoms with van der Waals surface area (Å²) in [6, 6.07) is 7.27. The van der Waals surface area contributed by atoms with Crippen LogP contribution in [0.15, 0.2) is 42.5 Å². The molecule has 4 N–H and O–H groups in total. The summed E-state index contributed by atoms with van der Waals surface area (Å²) in [4.78, 5) is 25.0. The quantitative estimate of drug-likeness (QED) is 0.153. The highest BCUT2D eigenvalue weighted by atomic mass is 32.2. The molecule has 4 saturated carbocycles. The van der Waals surface area contributed by atoms with Crippen molar-refractivity contribution in [1.82, 2.24) is 15.4 Å². The number of hydrogen-bond donors (Lipinski definition) is 4. The molecular weight excluding hydrogens is 647 g/mol. The minimum Gasteiger partial charge on any atom is -0.478 e. The van der Waals surface area contributed by atoms with Crippen LogP contribution in [0.3, 0.4) is 0 Å². The number of benzene rings is 1. The fourth-order valence-corrected chi connectivity index (χ4v) is 13.6. The number of hydrogen-bond acceptors (Lipinski definition) is 4. The van der Waals surface area contributed by atoms with Crippen molar-refractivity contribution < 1.29 is 23.1 Å². The second-order valence-corrected chi connectivity index (χ2v) is 20.0. The van der Waals surface area contributed by atoms with Gasteiger partial charge >= 0.3 is 12.0 Å². The van der Waals surface area contributed by atoms with Crippen molar-refractivity contribution in [1.29, 1.82) is 0 Å². The van der Waals surface area contributed by atoms with Gasteiger partial charge in [0.2, 0.25) is 10.0 Å². The zero-order valence-electron chi connectivity index (χ0n) is 31.5. The lowest BCUT2D eigenvalue weighted by atomic mass is 9.33. The van der Waals surface area contributed by atoms with Crippen LogP contribution in [-0.2, 0) is 10.0 Å². The predicted molar refractivity (Wildman–Crippen MR) is 200 cm³/mol. The second kappa shape index (κ2) is 12.8. The molecule has 0 heterocycles. The number of carbonyl (C=O) groups is 2. The molecule has 9 heteroatoms. The molecule has 276 valence electrons. The molecule has 4 fully saturated rings. The number of rotatable bonds is 9. The fourth-order valence-electron chi connectivity index (χ4n) is 13.0. The molecule has 0 unspecified atom stereocenters. The summed E-state index contributed by atoms with van der Waals surface area (Å²) in [7, 11) is -3.30. The Morgan fingerprint density at radius 1 is 0.900 bits per heavy atom. The van der Waals surface area contributed by atoms with E-state index in [0.717, 1.165) is 44.1 Å². The Morgan fingerprint density at radius 2 is 1.60 bits per heavy atom. The molecule has 5 aliphatic carbocycles. The van der Waals surface area contributed by atoms with Crippen LogP contribution in [0.1, 0.15) is 122 Å². The van der Waals surface area contributed by atoms with Crippen molar-refractivity contribution >= 4 is 27.6 Å². The summed E-state index contributed by atoms with van der Waals surface area (Å²) in [6.45, 7) is 21.3. The van der Waals surface area contributed by atoms with Gasteiger partial charge in [-0.15, -0.1) is 0 Å². The fraction of sp³-hybridized carbons (Fsp3) is 0.707. The van der Waals surface area contributed by atoms with Gasteiger partial charge < -0.3 is 15.7 Å². The van der Waals surface area contributed by atoms with Crippen molar-refractivity contribution in [2.24, 2.45) is 51.2 Å². The largest absolute Gasteiger partial charge is 0.478 e. The Hall–Kier alpha value is -2.65. The van der Waals surface area contributed by atoms with Crippen LogP contribution < -0.4 is 15.4 Å². The summed E-state index contributed by atoms with van der Waals surface area (Å²) in [5.41, 5.74) is 4.17. The van der Waals surface area contributed by atoms with Gasteiger partial charge in [0, 0.05) is 18.6 Å². The maximum atomic E-state index is 13.4. The molecule has 9 atom stereocenters. The molecule has 0 saturated heterocycles. The number of aromatic carboxylic acids is 1. The van der Waals surface area contributed by atoms with Crippen molar-refractivity contribution in [2.75, 3.05) is 18.8 Å². The van der Waals surface area contributed by atoms with Gasteiger partial charge in [-0.3, -0.25) is 0 Å². The highest BCUT2D eigenvalue weighted by molar-refractivity contribution is 7.89. The van der Waals surface area contributed by atoms with Gasteiger partial charge in [-0.05, 0) is 146 Å². The molecule has 0 aromatic heterocycles. The lowest BCUT2D eigenvalue weighted by molar-refractivity contribution is -0.218. The molecule has 5 aliphatic rings. The van der Waals surface area contributed by atoms with E-state index >= 15 is 0 Å². The number of sulfonamides is 1. The monoisotopic (exact) mass is 707 g/mol. The molecule has 0 aliphatic heterocycles. The van der Waals surface area contributed by atoms with Crippen LogP contribution in [0.5, 0.6) is 0 Å². The summed E-state index contributed by atoms with van der Waals surface area (Å²) < 4.78 is 26.3. The Morgan fingerprint density at radius 3 is 2.24 bits per heavy atom. The Kier molecular flexibility index (Phi) is 9.49. The molecule has 50 heavy (non-hydrogen) atoms. The van der Waals surface area contributed by atoms with E-state index in [1.807, 2.05) is 12.1 Å². The number of fused-ring (bicyclic) bond motifs is 7. The molecule has 0 bridgehead atoms. The molecule has 0 spiro atoms. The van der Waals surface area contributed by atoms with E-state index in [4.69, 9.17) is 0 Å². The summed E-state index contributed by atoms with van der Waals surface area (Å²) in [6.07, 6.45) is 12.3. The standard InChI is InChI=1S/C41H61N3O5S/c1-9-50(48,49)43-25-24-42-36(47)44-41-21-16-29(26(2)3)34(41)31-14-15-33-38(6)19-17-30(27-10-12-28(13-11-27)35(45)46)37(4,5)32(38)18-20-40(33,8)39(31,7)22-23-41/h10-13,17,29,31-34,43H,2,9,14-16,18-25H2,1,3-8H3,(H,45,46)(H2,42,44,47)/t29-,31+,32-,33+,34+,38-,39+,40+,41-/m0/s1. The maximum Gasteiger partial charge on any atom is 0.335 e. The summed E-state index contributed by atoms with van der Waals surface area (Å²) >= 11 is 0. The molecular formula is C41H61N3O5S. The third kappa shape index (κ3) is 5.77. The molecule has 1 aromatic carbocycles. The Balaban J connectivity index is 1.26. The van der Waals surface area contributed by atoms with Gasteiger partial charge in [0.1, 0.15) is 0 Å². The normalized spacial score (nSPS) is 38.8. The van der Waals surface area contributed by atoms with Crippen LogP contribution in [0.25, 0.3) is 5.57 Å². The van der Waals surface area contributed by atoms with Gasteiger partial charge in [-0.1, -0.05) is 65.0 Å². The number of nitrogens with one attached hydrogen (secondary N) is 3. The van der Waals surface area contributed by atoms with E-state index in [9.17, 15) is 23.1 Å².